The number of rotatable bonds is 4. The molecular weight excluding hydrogens is 358 g/mol. The molecular formula is C21H33N3O4. The molecule has 0 aliphatic carbocycles. The van der Waals surface area contributed by atoms with Gasteiger partial charge in [-0.1, -0.05) is 37.6 Å². The van der Waals surface area contributed by atoms with Crippen LogP contribution in [0, 0.1) is 0 Å². The van der Waals surface area contributed by atoms with E-state index in [0.717, 1.165) is 18.4 Å². The van der Waals surface area contributed by atoms with Crippen LogP contribution in [0.4, 0.5) is 9.59 Å². The monoisotopic (exact) mass is 391 g/mol. The lowest BCUT2D eigenvalue weighted by atomic mass is 10.1. The molecule has 0 aromatic heterocycles. The first kappa shape index (κ1) is 23.5. The lowest BCUT2D eigenvalue weighted by Gasteiger charge is -2.22. The summed E-state index contributed by atoms with van der Waals surface area (Å²) in [5, 5.41) is 4.94. The van der Waals surface area contributed by atoms with Crippen molar-refractivity contribution in [2.24, 2.45) is 4.99 Å². The predicted octanol–water partition coefficient (Wildman–Crippen LogP) is 4.54. The van der Waals surface area contributed by atoms with Crippen LogP contribution in [0.3, 0.4) is 0 Å². The molecule has 28 heavy (non-hydrogen) atoms. The van der Waals surface area contributed by atoms with E-state index in [-0.39, 0.29) is 12.5 Å². The van der Waals surface area contributed by atoms with E-state index in [4.69, 9.17) is 9.47 Å². The molecule has 7 nitrogen and oxygen atoms in total. The van der Waals surface area contributed by atoms with Gasteiger partial charge in [-0.15, -0.1) is 0 Å². The third-order valence-electron chi connectivity index (χ3n) is 3.22. The zero-order valence-corrected chi connectivity index (χ0v) is 18.0. The highest BCUT2D eigenvalue weighted by Crippen LogP contribution is 2.09. The van der Waals surface area contributed by atoms with Crippen molar-refractivity contribution in [2.45, 2.75) is 79.1 Å². The highest BCUT2D eigenvalue weighted by atomic mass is 16.6. The lowest BCUT2D eigenvalue weighted by molar-refractivity contribution is 0.0545. The number of amides is 2. The van der Waals surface area contributed by atoms with Gasteiger partial charge in [-0.05, 0) is 59.1 Å². The van der Waals surface area contributed by atoms with Gasteiger partial charge in [0.05, 0.1) is 6.54 Å². The summed E-state index contributed by atoms with van der Waals surface area (Å²) in [5.74, 6) is -0.0267. The Labute approximate surface area is 167 Å². The molecule has 1 aromatic rings. The number of hydrogen-bond acceptors (Lipinski definition) is 5. The summed E-state index contributed by atoms with van der Waals surface area (Å²) in [7, 11) is 0. The van der Waals surface area contributed by atoms with E-state index in [1.807, 2.05) is 12.1 Å². The zero-order valence-electron chi connectivity index (χ0n) is 18.0. The van der Waals surface area contributed by atoms with Gasteiger partial charge in [-0.25, -0.2) is 14.6 Å². The molecule has 0 saturated carbocycles. The minimum atomic E-state index is -0.708. The molecule has 0 fully saturated rings. The van der Waals surface area contributed by atoms with Gasteiger partial charge in [0, 0.05) is 0 Å². The van der Waals surface area contributed by atoms with Gasteiger partial charge in [-0.2, -0.15) is 0 Å². The molecule has 0 heterocycles. The molecule has 7 heteroatoms. The molecule has 0 radical (unpaired) electrons. The van der Waals surface area contributed by atoms with Crippen molar-refractivity contribution in [3.63, 3.8) is 0 Å². The van der Waals surface area contributed by atoms with Crippen LogP contribution < -0.4 is 10.6 Å². The average Bonchev–Trinajstić information content (AvgIpc) is 2.50. The number of aliphatic imine (C=N–C) groups is 1. The molecule has 0 aliphatic heterocycles. The number of guanidine groups is 1. The van der Waals surface area contributed by atoms with E-state index in [1.165, 1.54) is 5.56 Å². The first-order valence-corrected chi connectivity index (χ1v) is 9.50. The van der Waals surface area contributed by atoms with Crippen LogP contribution in [0.1, 0.15) is 66.0 Å². The molecule has 0 bridgehead atoms. The third-order valence-corrected chi connectivity index (χ3v) is 3.22. The molecule has 0 spiro atoms. The maximum Gasteiger partial charge on any atom is 0.414 e. The van der Waals surface area contributed by atoms with Gasteiger partial charge in [0.1, 0.15) is 11.2 Å². The minimum Gasteiger partial charge on any atom is -0.444 e. The number of nitrogens with zero attached hydrogens (tertiary/aromatic N) is 1. The van der Waals surface area contributed by atoms with Crippen molar-refractivity contribution in [3.8, 4) is 0 Å². The maximum absolute atomic E-state index is 12.1. The Bertz CT molecular complexity index is 651. The minimum absolute atomic E-state index is 0.0267. The van der Waals surface area contributed by atoms with Gasteiger partial charge in [-0.3, -0.25) is 10.6 Å². The Balaban J connectivity index is 2.86. The SMILES string of the molecule is CCCc1ccc(CN=C(NC(=O)OC(C)(C)C)NC(=O)OC(C)(C)C)cc1. The molecule has 2 N–H and O–H groups in total. The van der Waals surface area contributed by atoms with Crippen molar-refractivity contribution in [1.82, 2.24) is 10.6 Å². The predicted molar refractivity (Wildman–Crippen MR) is 110 cm³/mol. The van der Waals surface area contributed by atoms with Crippen LogP contribution in [-0.2, 0) is 22.4 Å². The first-order chi connectivity index (χ1) is 12.9. The Morgan fingerprint density at radius 1 is 0.857 bits per heavy atom. The summed E-state index contributed by atoms with van der Waals surface area (Å²) in [6.45, 7) is 12.9. The summed E-state index contributed by atoms with van der Waals surface area (Å²) in [4.78, 5) is 28.4. The van der Waals surface area contributed by atoms with Crippen molar-refractivity contribution in [2.75, 3.05) is 0 Å². The number of carbonyl (C=O) groups excluding carboxylic acids is 2. The van der Waals surface area contributed by atoms with Crippen molar-refractivity contribution in [3.05, 3.63) is 35.4 Å². The van der Waals surface area contributed by atoms with Gasteiger partial charge in [0.25, 0.3) is 0 Å². The third kappa shape index (κ3) is 10.5. The Kier molecular flexibility index (Phi) is 8.47. The summed E-state index contributed by atoms with van der Waals surface area (Å²) < 4.78 is 10.4. The Hall–Kier alpha value is -2.57. The number of hydrogen-bond donors (Lipinski definition) is 2. The standard InChI is InChI=1S/C21H33N3O4/c1-8-9-15-10-12-16(13-11-15)14-22-17(23-18(25)27-20(2,3)4)24-19(26)28-21(5,6)7/h10-13H,8-9,14H2,1-7H3,(H2,22,23,24,25,26). The van der Waals surface area contributed by atoms with Crippen LogP contribution in [0.5, 0.6) is 0 Å². The number of alkyl carbamates (subject to hydrolysis) is 2. The van der Waals surface area contributed by atoms with Crippen molar-refractivity contribution in [1.29, 1.82) is 0 Å². The highest BCUT2D eigenvalue weighted by molar-refractivity contribution is 6.01. The summed E-state index contributed by atoms with van der Waals surface area (Å²) in [6.07, 6.45) is 0.692. The molecule has 1 aromatic carbocycles. The first-order valence-electron chi connectivity index (χ1n) is 9.50. The van der Waals surface area contributed by atoms with Crippen LogP contribution in [0.25, 0.3) is 0 Å². The normalized spacial score (nSPS) is 11.4. The number of nitrogens with one attached hydrogen (secondary N) is 2. The number of benzene rings is 1. The largest absolute Gasteiger partial charge is 0.444 e. The lowest BCUT2D eigenvalue weighted by Crippen LogP contribution is -2.47. The topological polar surface area (TPSA) is 89.0 Å². The second-order valence-corrected chi connectivity index (χ2v) is 8.49. The number of ether oxygens (including phenoxy) is 2. The second kappa shape index (κ2) is 10.1. The van der Waals surface area contributed by atoms with Gasteiger partial charge in [0.2, 0.25) is 5.96 Å². The van der Waals surface area contributed by atoms with E-state index in [2.05, 4.69) is 34.7 Å². The molecule has 2 amide bonds. The fourth-order valence-electron chi connectivity index (χ4n) is 2.18. The molecule has 1 rings (SSSR count). The molecule has 0 unspecified atom stereocenters. The summed E-state index contributed by atoms with van der Waals surface area (Å²) in [5.41, 5.74) is 0.871. The molecule has 156 valence electrons. The fourth-order valence-corrected chi connectivity index (χ4v) is 2.18. The smallest absolute Gasteiger partial charge is 0.414 e. The van der Waals surface area contributed by atoms with Crippen LogP contribution >= 0.6 is 0 Å². The average molecular weight is 392 g/mol. The summed E-state index contributed by atoms with van der Waals surface area (Å²) >= 11 is 0. The Morgan fingerprint density at radius 3 is 1.68 bits per heavy atom. The van der Waals surface area contributed by atoms with E-state index >= 15 is 0 Å². The maximum atomic E-state index is 12.1. The van der Waals surface area contributed by atoms with Crippen molar-refractivity contribution < 1.29 is 19.1 Å². The second-order valence-electron chi connectivity index (χ2n) is 8.49. The van der Waals surface area contributed by atoms with Crippen molar-refractivity contribution >= 4 is 18.1 Å². The Morgan fingerprint density at radius 2 is 1.29 bits per heavy atom. The number of carbonyl (C=O) groups is 2. The van der Waals surface area contributed by atoms with Gasteiger partial charge < -0.3 is 9.47 Å². The molecule has 0 aliphatic rings. The van der Waals surface area contributed by atoms with E-state index in [0.29, 0.717) is 0 Å². The number of aryl methyl sites for hydroxylation is 1. The fraction of sp³-hybridized carbons (Fsp3) is 0.571. The quantitative estimate of drug-likeness (QED) is 0.582. The zero-order chi connectivity index (χ0) is 21.4. The van der Waals surface area contributed by atoms with E-state index < -0.39 is 23.4 Å². The summed E-state index contributed by atoms with van der Waals surface area (Å²) in [6, 6.07) is 8.06. The van der Waals surface area contributed by atoms with Crippen LogP contribution in [0.2, 0.25) is 0 Å². The molecule has 0 saturated heterocycles. The van der Waals surface area contributed by atoms with Gasteiger partial charge in [0.15, 0.2) is 0 Å². The molecule has 0 atom stereocenters. The van der Waals surface area contributed by atoms with Crippen LogP contribution in [0.15, 0.2) is 29.3 Å². The van der Waals surface area contributed by atoms with Crippen LogP contribution in [-0.4, -0.2) is 29.3 Å². The van der Waals surface area contributed by atoms with Gasteiger partial charge >= 0.3 is 12.2 Å². The van der Waals surface area contributed by atoms with E-state index in [1.54, 1.807) is 41.5 Å². The highest BCUT2D eigenvalue weighted by Gasteiger charge is 2.21. The van der Waals surface area contributed by atoms with E-state index in [9.17, 15) is 9.59 Å².